The molecule has 5 rings (SSSR count). The second-order valence-corrected chi connectivity index (χ2v) is 10.5. The van der Waals surface area contributed by atoms with E-state index in [-0.39, 0.29) is 30.1 Å². The molecular weight excluding hydrogens is 448 g/mol. The van der Waals surface area contributed by atoms with Crippen molar-refractivity contribution in [3.63, 3.8) is 0 Å². The summed E-state index contributed by atoms with van der Waals surface area (Å²) in [5.41, 5.74) is 0.629. The Bertz CT molecular complexity index is 788. The fourth-order valence-electron chi connectivity index (χ4n) is 6.28. The SMILES string of the molecule is O=C(O)CC[C@H](NC(=O)c1ccc(Br)cc1)C(=O)NCC12CC3CC(CC(C3)C1)C2. The zero-order chi connectivity index (χ0) is 21.3. The van der Waals surface area contributed by atoms with Gasteiger partial charge in [0, 0.05) is 23.0 Å². The molecule has 1 aromatic rings. The molecule has 0 aromatic heterocycles. The molecular formula is C23H29BrN2O4. The smallest absolute Gasteiger partial charge is 0.303 e. The van der Waals surface area contributed by atoms with E-state index in [2.05, 4.69) is 26.6 Å². The molecule has 30 heavy (non-hydrogen) atoms. The van der Waals surface area contributed by atoms with Gasteiger partial charge in [0.1, 0.15) is 6.04 Å². The van der Waals surface area contributed by atoms with Crippen molar-refractivity contribution in [1.82, 2.24) is 10.6 Å². The molecule has 1 aromatic carbocycles. The molecule has 1 atom stereocenters. The summed E-state index contributed by atoms with van der Waals surface area (Å²) >= 11 is 3.33. The van der Waals surface area contributed by atoms with Gasteiger partial charge in [0.05, 0.1) is 0 Å². The number of aliphatic carboxylic acids is 1. The summed E-state index contributed by atoms with van der Waals surface area (Å²) in [5.74, 6) is 0.765. The van der Waals surface area contributed by atoms with E-state index in [0.717, 1.165) is 22.2 Å². The van der Waals surface area contributed by atoms with E-state index in [1.165, 1.54) is 38.5 Å². The van der Waals surface area contributed by atoms with Gasteiger partial charge >= 0.3 is 5.97 Å². The summed E-state index contributed by atoms with van der Waals surface area (Å²) in [5, 5.41) is 14.9. The molecule has 4 aliphatic rings. The lowest BCUT2D eigenvalue weighted by atomic mass is 9.49. The number of rotatable bonds is 8. The number of hydrogen-bond acceptors (Lipinski definition) is 3. The molecule has 4 fully saturated rings. The largest absolute Gasteiger partial charge is 0.481 e. The average molecular weight is 477 g/mol. The molecule has 4 bridgehead atoms. The minimum Gasteiger partial charge on any atom is -0.481 e. The zero-order valence-electron chi connectivity index (χ0n) is 17.0. The van der Waals surface area contributed by atoms with Crippen molar-refractivity contribution < 1.29 is 19.5 Å². The van der Waals surface area contributed by atoms with Crippen LogP contribution in [0.2, 0.25) is 0 Å². The molecule has 162 valence electrons. The molecule has 6 nitrogen and oxygen atoms in total. The maximum absolute atomic E-state index is 12.9. The monoisotopic (exact) mass is 476 g/mol. The van der Waals surface area contributed by atoms with Crippen LogP contribution in [-0.2, 0) is 9.59 Å². The van der Waals surface area contributed by atoms with Gasteiger partial charge in [-0.15, -0.1) is 0 Å². The second-order valence-electron chi connectivity index (χ2n) is 9.60. The molecule has 0 heterocycles. The number of carbonyl (C=O) groups excluding carboxylic acids is 2. The first-order valence-electron chi connectivity index (χ1n) is 10.9. The fourth-order valence-corrected chi connectivity index (χ4v) is 6.55. The minimum atomic E-state index is -0.980. The van der Waals surface area contributed by atoms with Crippen LogP contribution < -0.4 is 10.6 Å². The van der Waals surface area contributed by atoms with Crippen molar-refractivity contribution in [1.29, 1.82) is 0 Å². The summed E-state index contributed by atoms with van der Waals surface area (Å²) in [7, 11) is 0. The Morgan fingerprint density at radius 1 is 1.03 bits per heavy atom. The van der Waals surface area contributed by atoms with Gasteiger partial charge < -0.3 is 15.7 Å². The number of amides is 2. The van der Waals surface area contributed by atoms with Crippen molar-refractivity contribution in [2.75, 3.05) is 6.54 Å². The van der Waals surface area contributed by atoms with E-state index < -0.39 is 12.0 Å². The number of carboxylic acid groups (broad SMARTS) is 1. The van der Waals surface area contributed by atoms with E-state index in [0.29, 0.717) is 12.1 Å². The predicted octanol–water partition coefficient (Wildman–Crippen LogP) is 3.74. The highest BCUT2D eigenvalue weighted by molar-refractivity contribution is 9.10. The van der Waals surface area contributed by atoms with Crippen molar-refractivity contribution in [3.8, 4) is 0 Å². The number of hydrogen-bond donors (Lipinski definition) is 3. The Hall–Kier alpha value is -1.89. The maximum Gasteiger partial charge on any atom is 0.303 e. The molecule has 4 saturated carbocycles. The van der Waals surface area contributed by atoms with Crippen LogP contribution >= 0.6 is 15.9 Å². The third-order valence-electron chi connectivity index (χ3n) is 7.18. The maximum atomic E-state index is 12.9. The molecule has 0 saturated heterocycles. The summed E-state index contributed by atoms with van der Waals surface area (Å²) in [6.45, 7) is 0.632. The van der Waals surface area contributed by atoms with Crippen molar-refractivity contribution >= 4 is 33.7 Å². The van der Waals surface area contributed by atoms with Gasteiger partial charge in [-0.25, -0.2) is 0 Å². The van der Waals surface area contributed by atoms with E-state index >= 15 is 0 Å². The topological polar surface area (TPSA) is 95.5 Å². The van der Waals surface area contributed by atoms with Crippen LogP contribution in [0.1, 0.15) is 61.7 Å². The first kappa shape index (κ1) is 21.3. The number of nitrogens with one attached hydrogen (secondary N) is 2. The van der Waals surface area contributed by atoms with Crippen LogP contribution in [0.25, 0.3) is 0 Å². The minimum absolute atomic E-state index is 0.0737. The predicted molar refractivity (Wildman–Crippen MR) is 116 cm³/mol. The van der Waals surface area contributed by atoms with Gasteiger partial charge in [-0.3, -0.25) is 14.4 Å². The molecule has 0 radical (unpaired) electrons. The van der Waals surface area contributed by atoms with E-state index in [4.69, 9.17) is 5.11 Å². The zero-order valence-corrected chi connectivity index (χ0v) is 18.6. The van der Waals surface area contributed by atoms with E-state index in [9.17, 15) is 14.4 Å². The lowest BCUT2D eigenvalue weighted by molar-refractivity contribution is -0.137. The van der Waals surface area contributed by atoms with Crippen molar-refractivity contribution in [3.05, 3.63) is 34.3 Å². The molecule has 0 aliphatic heterocycles. The Morgan fingerprint density at radius 3 is 2.13 bits per heavy atom. The van der Waals surface area contributed by atoms with Crippen molar-refractivity contribution in [2.45, 2.75) is 57.4 Å². The molecule has 7 heteroatoms. The van der Waals surface area contributed by atoms with Gasteiger partial charge in [0.2, 0.25) is 5.91 Å². The number of halogens is 1. The number of carbonyl (C=O) groups is 3. The van der Waals surface area contributed by atoms with Gasteiger partial charge in [-0.2, -0.15) is 0 Å². The Kier molecular flexibility index (Phi) is 6.19. The van der Waals surface area contributed by atoms with Crippen molar-refractivity contribution in [2.24, 2.45) is 23.2 Å². The number of carboxylic acids is 1. The Labute approximate surface area is 185 Å². The number of benzene rings is 1. The van der Waals surface area contributed by atoms with Gasteiger partial charge in [0.15, 0.2) is 0 Å². The van der Waals surface area contributed by atoms with Crippen LogP contribution in [0.5, 0.6) is 0 Å². The lowest BCUT2D eigenvalue weighted by Crippen LogP contribution is -2.54. The third kappa shape index (κ3) is 4.88. The highest BCUT2D eigenvalue weighted by Gasteiger charge is 2.50. The summed E-state index contributed by atoms with van der Waals surface area (Å²) in [6, 6.07) is 6.00. The highest BCUT2D eigenvalue weighted by atomic mass is 79.9. The van der Waals surface area contributed by atoms with Gasteiger partial charge in [-0.05, 0) is 92.4 Å². The normalized spacial score (nSPS) is 30.0. The first-order chi connectivity index (χ1) is 14.3. The van der Waals surface area contributed by atoms with Crippen LogP contribution in [0.15, 0.2) is 28.7 Å². The molecule has 3 N–H and O–H groups in total. The van der Waals surface area contributed by atoms with Gasteiger partial charge in [0.25, 0.3) is 5.91 Å². The van der Waals surface area contributed by atoms with Crippen LogP contribution in [0, 0.1) is 23.2 Å². The average Bonchev–Trinajstić information content (AvgIpc) is 2.68. The quantitative estimate of drug-likeness (QED) is 0.532. The van der Waals surface area contributed by atoms with Crippen LogP contribution in [0.4, 0.5) is 0 Å². The Morgan fingerprint density at radius 2 is 1.60 bits per heavy atom. The van der Waals surface area contributed by atoms with Crippen LogP contribution in [0.3, 0.4) is 0 Å². The van der Waals surface area contributed by atoms with E-state index in [1.807, 2.05) is 0 Å². The van der Waals surface area contributed by atoms with Gasteiger partial charge in [-0.1, -0.05) is 15.9 Å². The molecule has 2 amide bonds. The molecule has 4 aliphatic carbocycles. The third-order valence-corrected chi connectivity index (χ3v) is 7.71. The summed E-state index contributed by atoms with van der Waals surface area (Å²) < 4.78 is 0.856. The summed E-state index contributed by atoms with van der Waals surface area (Å²) in [4.78, 5) is 36.6. The first-order valence-corrected chi connectivity index (χ1v) is 11.7. The second kappa shape index (κ2) is 8.69. The fraction of sp³-hybridized carbons (Fsp3) is 0.609. The van der Waals surface area contributed by atoms with E-state index in [1.54, 1.807) is 24.3 Å². The Balaban J connectivity index is 1.39. The molecule has 0 unspecified atom stereocenters. The lowest BCUT2D eigenvalue weighted by Gasteiger charge is -2.57. The molecule has 0 spiro atoms. The highest BCUT2D eigenvalue weighted by Crippen LogP contribution is 2.59. The standard InChI is InChI=1S/C23H29BrN2O4/c24-18-3-1-17(2-4-18)21(29)26-19(5-6-20(27)28)22(30)25-13-23-10-14-7-15(11-23)9-16(8-14)12-23/h1-4,14-16,19H,5-13H2,(H,25,30)(H,26,29)(H,27,28)/t14?,15?,16?,19-,23?/m0/s1. The summed E-state index contributed by atoms with van der Waals surface area (Å²) in [6.07, 6.45) is 7.49. The van der Waals surface area contributed by atoms with Crippen LogP contribution in [-0.4, -0.2) is 35.5 Å².